The molecule has 0 aliphatic rings. The molecule has 0 saturated carbocycles. The van der Waals surface area contributed by atoms with Crippen LogP contribution in [0.2, 0.25) is 5.02 Å². The van der Waals surface area contributed by atoms with Crippen molar-refractivity contribution < 1.29 is 9.47 Å². The Morgan fingerprint density at radius 2 is 1.67 bits per heavy atom. The van der Waals surface area contributed by atoms with E-state index in [4.69, 9.17) is 21.1 Å². The quantitative estimate of drug-likeness (QED) is 0.800. The first kappa shape index (κ1) is 15.5. The number of ether oxygens (including phenoxy) is 2. The summed E-state index contributed by atoms with van der Waals surface area (Å²) < 4.78 is 11.0. The summed E-state index contributed by atoms with van der Waals surface area (Å²) in [5, 5.41) is 3.96. The third kappa shape index (κ3) is 4.30. The van der Waals surface area contributed by atoms with Gasteiger partial charge in [0.1, 0.15) is 11.5 Å². The largest absolute Gasteiger partial charge is 0.494 e. The monoisotopic (exact) mass is 305 g/mol. The molecule has 0 aliphatic carbocycles. The molecule has 0 bridgehead atoms. The highest BCUT2D eigenvalue weighted by Crippen LogP contribution is 2.28. The number of para-hydroxylation sites is 1. The number of halogens is 1. The summed E-state index contributed by atoms with van der Waals surface area (Å²) in [6.07, 6.45) is 0. The molecule has 1 N–H and O–H groups in total. The molecule has 0 radical (unpaired) electrons. The molecule has 0 fully saturated rings. The van der Waals surface area contributed by atoms with E-state index in [1.54, 1.807) is 0 Å². The lowest BCUT2D eigenvalue weighted by molar-refractivity contribution is 0.337. The minimum Gasteiger partial charge on any atom is -0.494 e. The maximum atomic E-state index is 6.18. The normalized spacial score (nSPS) is 10.2. The molecule has 0 atom stereocenters. The molecule has 21 heavy (non-hydrogen) atoms. The van der Waals surface area contributed by atoms with Gasteiger partial charge in [0.05, 0.1) is 18.2 Å². The lowest BCUT2D eigenvalue weighted by atomic mass is 10.2. The van der Waals surface area contributed by atoms with Gasteiger partial charge in [-0.1, -0.05) is 29.8 Å². The summed E-state index contributed by atoms with van der Waals surface area (Å²) in [7, 11) is 0. The maximum Gasteiger partial charge on any atom is 0.138 e. The summed E-state index contributed by atoms with van der Waals surface area (Å²) in [6.45, 7) is 5.87. The predicted octanol–water partition coefficient (Wildman–Crippen LogP) is 4.75. The molecule has 3 nitrogen and oxygen atoms in total. The first-order chi connectivity index (χ1) is 10.2. The van der Waals surface area contributed by atoms with Crippen LogP contribution in [0.4, 0.5) is 5.69 Å². The highest BCUT2D eigenvalue weighted by atomic mass is 35.5. The second-order valence-electron chi connectivity index (χ2n) is 4.47. The van der Waals surface area contributed by atoms with E-state index >= 15 is 0 Å². The third-order valence-electron chi connectivity index (χ3n) is 2.99. The Kier molecular flexibility index (Phi) is 5.76. The van der Waals surface area contributed by atoms with Gasteiger partial charge in [-0.05, 0) is 38.1 Å². The van der Waals surface area contributed by atoms with E-state index in [2.05, 4.69) is 5.32 Å². The van der Waals surface area contributed by atoms with Crippen molar-refractivity contribution in [2.75, 3.05) is 18.5 Å². The van der Waals surface area contributed by atoms with Gasteiger partial charge in [-0.15, -0.1) is 0 Å². The Morgan fingerprint density at radius 3 is 2.38 bits per heavy atom. The standard InChI is InChI=1S/C17H20ClNO2/c1-3-20-16-8-6-5-7-13(16)12-19-14-9-10-17(21-4-2)15(18)11-14/h5-11,19H,3-4,12H2,1-2H3. The Hall–Kier alpha value is -1.87. The molecule has 112 valence electrons. The number of rotatable bonds is 7. The second-order valence-corrected chi connectivity index (χ2v) is 4.88. The first-order valence-electron chi connectivity index (χ1n) is 7.11. The van der Waals surface area contributed by atoms with E-state index in [-0.39, 0.29) is 0 Å². The number of benzene rings is 2. The Balaban J connectivity index is 2.04. The summed E-state index contributed by atoms with van der Waals surface area (Å²) in [5.41, 5.74) is 2.07. The molecule has 0 amide bonds. The minimum atomic E-state index is 0.605. The van der Waals surface area contributed by atoms with E-state index in [1.807, 2.05) is 56.3 Å². The molecule has 4 heteroatoms. The van der Waals surface area contributed by atoms with Gasteiger partial charge in [0.25, 0.3) is 0 Å². The highest BCUT2D eigenvalue weighted by molar-refractivity contribution is 6.32. The van der Waals surface area contributed by atoms with Gasteiger partial charge >= 0.3 is 0 Å². The van der Waals surface area contributed by atoms with Crippen molar-refractivity contribution in [1.82, 2.24) is 0 Å². The number of nitrogens with one attached hydrogen (secondary N) is 1. The van der Waals surface area contributed by atoms with Gasteiger partial charge in [-0.2, -0.15) is 0 Å². The zero-order valence-electron chi connectivity index (χ0n) is 12.4. The van der Waals surface area contributed by atoms with Crippen LogP contribution in [0.5, 0.6) is 11.5 Å². The molecule has 2 aromatic carbocycles. The predicted molar refractivity (Wildman–Crippen MR) is 87.6 cm³/mol. The Labute approximate surface area is 130 Å². The molecular weight excluding hydrogens is 286 g/mol. The average molecular weight is 306 g/mol. The third-order valence-corrected chi connectivity index (χ3v) is 3.28. The molecule has 2 rings (SSSR count). The van der Waals surface area contributed by atoms with Gasteiger partial charge in [0.15, 0.2) is 0 Å². The fourth-order valence-corrected chi connectivity index (χ4v) is 2.26. The molecule has 0 aliphatic heterocycles. The summed E-state index contributed by atoms with van der Waals surface area (Å²) in [4.78, 5) is 0. The van der Waals surface area contributed by atoms with E-state index in [9.17, 15) is 0 Å². The van der Waals surface area contributed by atoms with Gasteiger partial charge in [-0.25, -0.2) is 0 Å². The number of hydrogen-bond donors (Lipinski definition) is 1. The topological polar surface area (TPSA) is 30.5 Å². The van der Waals surface area contributed by atoms with Crippen molar-refractivity contribution in [3.63, 3.8) is 0 Å². The average Bonchev–Trinajstić information content (AvgIpc) is 2.49. The van der Waals surface area contributed by atoms with Crippen LogP contribution in [-0.4, -0.2) is 13.2 Å². The fraction of sp³-hybridized carbons (Fsp3) is 0.294. The van der Waals surface area contributed by atoms with Gasteiger partial charge in [0.2, 0.25) is 0 Å². The summed E-state index contributed by atoms with van der Waals surface area (Å²) in [5.74, 6) is 1.61. The smallest absolute Gasteiger partial charge is 0.138 e. The molecule has 2 aromatic rings. The van der Waals surface area contributed by atoms with Gasteiger partial charge in [0, 0.05) is 17.8 Å². The van der Waals surface area contributed by atoms with E-state index in [0.29, 0.717) is 30.5 Å². The van der Waals surface area contributed by atoms with Crippen molar-refractivity contribution in [3.05, 3.63) is 53.1 Å². The zero-order valence-corrected chi connectivity index (χ0v) is 13.1. The molecule has 0 spiro atoms. The van der Waals surface area contributed by atoms with Crippen molar-refractivity contribution in [3.8, 4) is 11.5 Å². The molecule has 0 heterocycles. The summed E-state index contributed by atoms with van der Waals surface area (Å²) in [6, 6.07) is 13.7. The van der Waals surface area contributed by atoms with E-state index < -0.39 is 0 Å². The maximum absolute atomic E-state index is 6.18. The highest BCUT2D eigenvalue weighted by Gasteiger charge is 2.05. The molecular formula is C17H20ClNO2. The van der Waals surface area contributed by atoms with Gasteiger partial charge in [-0.3, -0.25) is 0 Å². The van der Waals surface area contributed by atoms with Crippen molar-refractivity contribution in [1.29, 1.82) is 0 Å². The van der Waals surface area contributed by atoms with Crippen LogP contribution >= 0.6 is 11.6 Å². The Bertz CT molecular complexity index is 587. The van der Waals surface area contributed by atoms with Crippen LogP contribution in [0.15, 0.2) is 42.5 Å². The van der Waals surface area contributed by atoms with Crippen LogP contribution in [0.1, 0.15) is 19.4 Å². The second kappa shape index (κ2) is 7.79. The fourth-order valence-electron chi connectivity index (χ4n) is 2.03. The van der Waals surface area contributed by atoms with Crippen LogP contribution < -0.4 is 14.8 Å². The van der Waals surface area contributed by atoms with Crippen molar-refractivity contribution in [2.45, 2.75) is 20.4 Å². The zero-order chi connectivity index (χ0) is 15.1. The van der Waals surface area contributed by atoms with E-state index in [0.717, 1.165) is 17.0 Å². The first-order valence-corrected chi connectivity index (χ1v) is 7.49. The van der Waals surface area contributed by atoms with E-state index in [1.165, 1.54) is 0 Å². The SMILES string of the molecule is CCOc1ccc(NCc2ccccc2OCC)cc1Cl. The summed E-state index contributed by atoms with van der Waals surface area (Å²) >= 11 is 6.18. The van der Waals surface area contributed by atoms with Crippen LogP contribution in [0.25, 0.3) is 0 Å². The van der Waals surface area contributed by atoms with Crippen molar-refractivity contribution in [2.24, 2.45) is 0 Å². The molecule has 0 unspecified atom stereocenters. The lowest BCUT2D eigenvalue weighted by Crippen LogP contribution is -2.03. The molecule has 0 saturated heterocycles. The lowest BCUT2D eigenvalue weighted by Gasteiger charge is -2.13. The molecule has 0 aromatic heterocycles. The minimum absolute atomic E-state index is 0.605. The number of anilines is 1. The van der Waals surface area contributed by atoms with Crippen LogP contribution in [0.3, 0.4) is 0 Å². The van der Waals surface area contributed by atoms with Gasteiger partial charge < -0.3 is 14.8 Å². The number of hydrogen-bond acceptors (Lipinski definition) is 3. The van der Waals surface area contributed by atoms with Crippen LogP contribution in [0, 0.1) is 0 Å². The Morgan fingerprint density at radius 1 is 0.952 bits per heavy atom. The van der Waals surface area contributed by atoms with Crippen molar-refractivity contribution >= 4 is 17.3 Å². The van der Waals surface area contributed by atoms with Crippen LogP contribution in [-0.2, 0) is 6.54 Å².